The van der Waals surface area contributed by atoms with Crippen molar-refractivity contribution in [1.82, 2.24) is 9.88 Å². The van der Waals surface area contributed by atoms with Crippen LogP contribution in [0.3, 0.4) is 0 Å². The fourth-order valence-corrected chi connectivity index (χ4v) is 2.76. The molecule has 18 heavy (non-hydrogen) atoms. The Morgan fingerprint density at radius 3 is 2.67 bits per heavy atom. The summed E-state index contributed by atoms with van der Waals surface area (Å²) in [5.41, 5.74) is 0. The molecule has 0 saturated heterocycles. The average Bonchev–Trinajstić information content (AvgIpc) is 2.59. The molecule has 1 unspecified atom stereocenters. The molecular weight excluding hydrogens is 252 g/mol. The Hall–Kier alpha value is -1.14. The third kappa shape index (κ3) is 3.43. The molecule has 0 bridgehead atoms. The van der Waals surface area contributed by atoms with Crippen molar-refractivity contribution in [1.29, 1.82) is 0 Å². The van der Waals surface area contributed by atoms with Gasteiger partial charge >= 0.3 is 0 Å². The Bertz CT molecular complexity index is 418. The van der Waals surface area contributed by atoms with Crippen LogP contribution in [0.1, 0.15) is 20.3 Å². The van der Waals surface area contributed by atoms with Gasteiger partial charge in [0.15, 0.2) is 5.88 Å². The van der Waals surface area contributed by atoms with Gasteiger partial charge in [-0.25, -0.2) is 0 Å². The summed E-state index contributed by atoms with van der Waals surface area (Å²) in [5.74, 6) is 0.959. The van der Waals surface area contributed by atoms with E-state index in [9.17, 15) is 15.0 Å². The molecule has 0 aliphatic rings. The first-order valence-corrected chi connectivity index (χ1v) is 6.91. The maximum absolute atomic E-state index is 11.2. The van der Waals surface area contributed by atoms with Crippen molar-refractivity contribution in [3.05, 3.63) is 6.07 Å². The first-order valence-electron chi connectivity index (χ1n) is 5.93. The second-order valence-electron chi connectivity index (χ2n) is 4.02. The molecule has 5 nitrogen and oxygen atoms in total. The number of aromatic nitrogens is 1. The van der Waals surface area contributed by atoms with Gasteiger partial charge in [-0.3, -0.25) is 9.36 Å². The van der Waals surface area contributed by atoms with Gasteiger partial charge in [-0.2, -0.15) is 0 Å². The van der Waals surface area contributed by atoms with E-state index in [1.807, 2.05) is 6.92 Å². The van der Waals surface area contributed by atoms with Crippen LogP contribution in [0.4, 0.5) is 0 Å². The van der Waals surface area contributed by atoms with Crippen molar-refractivity contribution >= 4 is 17.5 Å². The smallest absolute Gasteiger partial charge is 0.207 e. The van der Waals surface area contributed by atoms with Crippen LogP contribution in [0.25, 0.3) is 0 Å². The van der Waals surface area contributed by atoms with Gasteiger partial charge in [0.1, 0.15) is 5.78 Å². The minimum Gasteiger partial charge on any atom is -0.494 e. The van der Waals surface area contributed by atoms with Gasteiger partial charge in [-0.05, 0) is 27.3 Å². The summed E-state index contributed by atoms with van der Waals surface area (Å²) in [5, 5.41) is 22.4. The summed E-state index contributed by atoms with van der Waals surface area (Å²) in [6.07, 6.45) is 0.688. The molecule has 0 amide bonds. The van der Waals surface area contributed by atoms with E-state index in [4.69, 9.17) is 0 Å². The topological polar surface area (TPSA) is 74.5 Å². The average molecular weight is 272 g/mol. The number of aromatic hydroxyl groups is 2. The van der Waals surface area contributed by atoms with E-state index in [1.54, 1.807) is 20.0 Å². The van der Waals surface area contributed by atoms with E-state index in [2.05, 4.69) is 5.32 Å². The van der Waals surface area contributed by atoms with Crippen LogP contribution < -0.4 is 5.32 Å². The Morgan fingerprint density at radius 1 is 1.56 bits per heavy atom. The van der Waals surface area contributed by atoms with Crippen molar-refractivity contribution in [2.75, 3.05) is 12.8 Å². The summed E-state index contributed by atoms with van der Waals surface area (Å²) in [4.78, 5) is 11.9. The van der Waals surface area contributed by atoms with E-state index < -0.39 is 0 Å². The third-order valence-corrected chi connectivity index (χ3v) is 3.88. The maximum Gasteiger partial charge on any atom is 0.207 e. The molecule has 0 saturated carbocycles. The van der Waals surface area contributed by atoms with Crippen LogP contribution in [0.5, 0.6) is 11.8 Å². The van der Waals surface area contributed by atoms with Gasteiger partial charge in [-0.1, -0.05) is 0 Å². The second kappa shape index (κ2) is 6.70. The highest BCUT2D eigenvalue weighted by Gasteiger charge is 2.15. The molecule has 0 spiro atoms. The van der Waals surface area contributed by atoms with Gasteiger partial charge in [-0.15, -0.1) is 11.8 Å². The standard InChI is InChI=1S/C12H20N2O3S/c1-4-14-11(16)7-10(12(14)17)18-6-5-9(13-3)8(2)15/h7,9,13,16-17H,4-6H2,1-3H3. The molecule has 1 rings (SSSR count). The zero-order valence-corrected chi connectivity index (χ0v) is 11.8. The van der Waals surface area contributed by atoms with Crippen molar-refractivity contribution in [2.24, 2.45) is 0 Å². The molecule has 1 aromatic rings. The second-order valence-corrected chi connectivity index (χ2v) is 5.16. The molecule has 3 N–H and O–H groups in total. The first kappa shape index (κ1) is 14.9. The molecule has 6 heteroatoms. The van der Waals surface area contributed by atoms with Crippen LogP contribution >= 0.6 is 11.8 Å². The SMILES string of the molecule is CCn1c(O)cc(SCCC(NC)C(C)=O)c1O. The van der Waals surface area contributed by atoms with E-state index in [-0.39, 0.29) is 23.6 Å². The summed E-state index contributed by atoms with van der Waals surface area (Å²) in [6.45, 7) is 3.92. The van der Waals surface area contributed by atoms with E-state index >= 15 is 0 Å². The number of nitrogens with one attached hydrogen (secondary N) is 1. The van der Waals surface area contributed by atoms with Crippen LogP contribution in [0, 0.1) is 0 Å². The molecule has 1 aromatic heterocycles. The monoisotopic (exact) mass is 272 g/mol. The third-order valence-electron chi connectivity index (χ3n) is 2.83. The maximum atomic E-state index is 11.2. The number of carbonyl (C=O) groups excluding carboxylic acids is 1. The quantitative estimate of drug-likeness (QED) is 0.657. The van der Waals surface area contributed by atoms with Crippen LogP contribution in [0.2, 0.25) is 0 Å². The first-order chi connectivity index (χ1) is 8.51. The van der Waals surface area contributed by atoms with E-state index in [1.165, 1.54) is 16.3 Å². The summed E-state index contributed by atoms with van der Waals surface area (Å²) >= 11 is 1.44. The number of rotatable bonds is 7. The van der Waals surface area contributed by atoms with Crippen LogP contribution in [-0.4, -0.2) is 39.4 Å². The number of likely N-dealkylation sites (N-methyl/N-ethyl adjacent to an activating group) is 1. The summed E-state index contributed by atoms with van der Waals surface area (Å²) in [6, 6.07) is 1.40. The molecule has 0 aliphatic carbocycles. The molecule has 0 radical (unpaired) electrons. The van der Waals surface area contributed by atoms with Gasteiger partial charge in [0.05, 0.1) is 10.9 Å². The molecular formula is C12H20N2O3S. The summed E-state index contributed by atoms with van der Waals surface area (Å²) in [7, 11) is 1.76. The van der Waals surface area contributed by atoms with E-state index in [0.29, 0.717) is 23.6 Å². The molecule has 1 heterocycles. The molecule has 0 fully saturated rings. The van der Waals surface area contributed by atoms with Crippen molar-refractivity contribution in [2.45, 2.75) is 37.8 Å². The zero-order valence-electron chi connectivity index (χ0n) is 10.9. The highest BCUT2D eigenvalue weighted by molar-refractivity contribution is 7.99. The number of hydrogen-bond acceptors (Lipinski definition) is 5. The highest BCUT2D eigenvalue weighted by Crippen LogP contribution is 2.35. The highest BCUT2D eigenvalue weighted by atomic mass is 32.2. The predicted molar refractivity (Wildman–Crippen MR) is 72.3 cm³/mol. The number of nitrogens with zero attached hydrogens (tertiary/aromatic N) is 1. The Kier molecular flexibility index (Phi) is 5.55. The lowest BCUT2D eigenvalue weighted by Gasteiger charge is -2.11. The molecule has 0 aromatic carbocycles. The minimum atomic E-state index is -0.151. The lowest BCUT2D eigenvalue weighted by atomic mass is 10.1. The number of thioether (sulfide) groups is 1. The molecule has 102 valence electrons. The van der Waals surface area contributed by atoms with Crippen LogP contribution in [-0.2, 0) is 11.3 Å². The lowest BCUT2D eigenvalue weighted by molar-refractivity contribution is -0.118. The minimum absolute atomic E-state index is 0.0641. The van der Waals surface area contributed by atoms with Crippen molar-refractivity contribution in [3.63, 3.8) is 0 Å². The molecule has 1 atom stereocenters. The van der Waals surface area contributed by atoms with Crippen molar-refractivity contribution < 1.29 is 15.0 Å². The number of Topliss-reactive ketones (excluding diaryl/α,β-unsaturated/α-hetero) is 1. The normalized spacial score (nSPS) is 12.6. The lowest BCUT2D eigenvalue weighted by Crippen LogP contribution is -2.32. The van der Waals surface area contributed by atoms with Gasteiger partial charge in [0.2, 0.25) is 5.88 Å². The van der Waals surface area contributed by atoms with Crippen LogP contribution in [0.15, 0.2) is 11.0 Å². The fraction of sp³-hybridized carbons (Fsp3) is 0.583. The van der Waals surface area contributed by atoms with Gasteiger partial charge < -0.3 is 15.5 Å². The van der Waals surface area contributed by atoms with Gasteiger partial charge in [0, 0.05) is 18.4 Å². The fourth-order valence-electron chi connectivity index (χ4n) is 1.76. The van der Waals surface area contributed by atoms with Crippen molar-refractivity contribution in [3.8, 4) is 11.8 Å². The van der Waals surface area contributed by atoms with Gasteiger partial charge in [0.25, 0.3) is 0 Å². The Morgan fingerprint density at radius 2 is 2.22 bits per heavy atom. The summed E-state index contributed by atoms with van der Waals surface area (Å²) < 4.78 is 1.43. The molecule has 0 aliphatic heterocycles. The predicted octanol–water partition coefficient (Wildman–Crippen LogP) is 1.58. The Balaban J connectivity index is 2.56. The largest absolute Gasteiger partial charge is 0.494 e. The number of carbonyl (C=O) groups is 1. The van der Waals surface area contributed by atoms with E-state index in [0.717, 1.165) is 0 Å². The Labute approximate surface area is 111 Å². The number of hydrogen-bond donors (Lipinski definition) is 3. The zero-order chi connectivity index (χ0) is 13.7. The number of ketones is 1.